The monoisotopic (exact) mass is 928 g/mol. The molecule has 0 heterocycles. The number of hydrogen-bond acceptors (Lipinski definition) is 15. The number of rotatable bonds is 27. The van der Waals surface area contributed by atoms with Crippen LogP contribution < -0.4 is 18.9 Å². The van der Waals surface area contributed by atoms with Crippen LogP contribution in [-0.4, -0.2) is 131 Å². The molecular weight excluding hydrogens is 874 g/mol. The summed E-state index contributed by atoms with van der Waals surface area (Å²) in [6.07, 6.45) is -6.08. The Hall–Kier alpha value is -6.44. The van der Waals surface area contributed by atoms with Crippen molar-refractivity contribution >= 4 is 17.9 Å². The van der Waals surface area contributed by atoms with E-state index < -0.39 is 68.3 Å². The summed E-state index contributed by atoms with van der Waals surface area (Å²) in [5, 5.41) is 29.1. The highest BCUT2D eigenvalue weighted by Crippen LogP contribution is 2.21. The molecule has 66 heavy (non-hydrogen) atoms. The molecule has 0 saturated heterocycles. The number of hydrogen-bond donors (Lipinski definition) is 3. The Labute approximate surface area is 380 Å². The SMILES string of the molecule is C=CC(=O)OCC(O)COCC(COc1ccc(Cc2ccc(OC)cc2)cc1)OC(=O)C(F)(F)F.C=CC(=O)OCC(O)COc1ccc(Cc2ccc(OCC(O)COC)cc2)cc1. The zero-order valence-electron chi connectivity index (χ0n) is 36.6. The molecule has 4 aromatic rings. The standard InChI is InChI=1S/C25H27F3O8.C23H28O7/c1-3-23(30)35-14-19(29)13-33-15-22(36-24(31)25(26,27)28)16-34-21-10-6-18(7-11-21)12-17-4-8-20(32-2)9-5-17;1-3-23(26)30-16-20(25)15-29-22-10-6-18(7-11-22)12-17-4-8-21(9-5-17)28-14-19(24)13-27-2/h3-11,19,22,29H,1,12-16H2,2H3;3-11,19-20,24-25H,1,12-16H2,2H3. The Kier molecular flexibility index (Phi) is 23.8. The number of halogens is 3. The third-order valence-electron chi connectivity index (χ3n) is 8.71. The summed E-state index contributed by atoms with van der Waals surface area (Å²) in [5.41, 5.74) is 4.25. The normalized spacial score (nSPS) is 12.7. The van der Waals surface area contributed by atoms with Crippen molar-refractivity contribution in [1.82, 2.24) is 0 Å². The van der Waals surface area contributed by atoms with Crippen molar-refractivity contribution in [3.63, 3.8) is 0 Å². The van der Waals surface area contributed by atoms with Crippen molar-refractivity contribution in [2.75, 3.05) is 67.1 Å². The third kappa shape index (κ3) is 22.0. The lowest BCUT2D eigenvalue weighted by Gasteiger charge is -2.20. The maximum atomic E-state index is 12.6. The van der Waals surface area contributed by atoms with E-state index in [4.69, 9.17) is 33.2 Å². The first-order chi connectivity index (χ1) is 31.6. The molecule has 4 unspecified atom stereocenters. The molecule has 3 N–H and O–H groups in total. The van der Waals surface area contributed by atoms with Crippen molar-refractivity contribution in [2.45, 2.75) is 43.4 Å². The Balaban J connectivity index is 0.000000356. The van der Waals surface area contributed by atoms with Gasteiger partial charge in [0.2, 0.25) is 0 Å². The number of ether oxygens (including phenoxy) is 9. The van der Waals surface area contributed by atoms with Gasteiger partial charge in [-0.05, 0) is 83.6 Å². The van der Waals surface area contributed by atoms with Crippen LogP contribution in [0.2, 0.25) is 0 Å². The molecule has 18 heteroatoms. The highest BCUT2D eigenvalue weighted by molar-refractivity contribution is 5.81. The summed E-state index contributed by atoms with van der Waals surface area (Å²) in [7, 11) is 3.12. The predicted octanol–water partition coefficient (Wildman–Crippen LogP) is 5.38. The van der Waals surface area contributed by atoms with Gasteiger partial charge in [0.1, 0.15) is 74.3 Å². The molecule has 0 spiro atoms. The van der Waals surface area contributed by atoms with E-state index in [0.717, 1.165) is 46.6 Å². The van der Waals surface area contributed by atoms with Crippen LogP contribution in [0, 0.1) is 0 Å². The molecule has 0 saturated carbocycles. The summed E-state index contributed by atoms with van der Waals surface area (Å²) < 4.78 is 83.4. The molecule has 0 aliphatic carbocycles. The Morgan fingerprint density at radius 2 is 0.894 bits per heavy atom. The summed E-state index contributed by atoms with van der Waals surface area (Å²) in [5.74, 6) is -1.33. The van der Waals surface area contributed by atoms with E-state index in [9.17, 15) is 42.9 Å². The van der Waals surface area contributed by atoms with E-state index in [1.807, 2.05) is 72.8 Å². The lowest BCUT2D eigenvalue weighted by molar-refractivity contribution is -0.208. The first-order valence-corrected chi connectivity index (χ1v) is 20.4. The van der Waals surface area contributed by atoms with E-state index >= 15 is 0 Å². The van der Waals surface area contributed by atoms with Gasteiger partial charge in [-0.1, -0.05) is 61.7 Å². The average Bonchev–Trinajstić information content (AvgIpc) is 3.31. The number of benzene rings is 4. The smallest absolute Gasteiger partial charge is 0.490 e. The van der Waals surface area contributed by atoms with Crippen LogP contribution in [0.15, 0.2) is 122 Å². The van der Waals surface area contributed by atoms with Gasteiger partial charge in [0.25, 0.3) is 0 Å². The summed E-state index contributed by atoms with van der Waals surface area (Å²) in [6.45, 7) is 5.06. The molecule has 15 nitrogen and oxygen atoms in total. The minimum atomic E-state index is -5.19. The summed E-state index contributed by atoms with van der Waals surface area (Å²) >= 11 is 0. The van der Waals surface area contributed by atoms with Crippen LogP contribution in [-0.2, 0) is 50.9 Å². The highest BCUT2D eigenvalue weighted by atomic mass is 19.4. The van der Waals surface area contributed by atoms with E-state index in [0.29, 0.717) is 23.7 Å². The third-order valence-corrected chi connectivity index (χ3v) is 8.71. The number of methoxy groups -OCH3 is 2. The molecule has 4 aromatic carbocycles. The van der Waals surface area contributed by atoms with Crippen molar-refractivity contribution in [3.05, 3.63) is 145 Å². The van der Waals surface area contributed by atoms with Crippen LogP contribution in [0.4, 0.5) is 13.2 Å². The fraction of sp³-hybridized carbons (Fsp3) is 0.354. The molecule has 0 aromatic heterocycles. The first kappa shape index (κ1) is 53.9. The molecule has 0 radical (unpaired) electrons. The summed E-state index contributed by atoms with van der Waals surface area (Å²) in [4.78, 5) is 33.2. The highest BCUT2D eigenvalue weighted by Gasteiger charge is 2.42. The predicted molar refractivity (Wildman–Crippen MR) is 233 cm³/mol. The topological polar surface area (TPSA) is 195 Å². The minimum Gasteiger partial charge on any atom is -0.497 e. The number of carbonyl (C=O) groups excluding carboxylic acids is 3. The van der Waals surface area contributed by atoms with E-state index in [1.54, 1.807) is 31.4 Å². The molecule has 0 bridgehead atoms. The number of carbonyl (C=O) groups is 3. The van der Waals surface area contributed by atoms with E-state index in [2.05, 4.69) is 22.6 Å². The average molecular weight is 929 g/mol. The molecular formula is C48H55F3O15. The van der Waals surface area contributed by atoms with Gasteiger partial charge < -0.3 is 58.0 Å². The molecule has 0 fully saturated rings. The molecule has 358 valence electrons. The fourth-order valence-corrected chi connectivity index (χ4v) is 5.38. The number of aliphatic hydroxyl groups is 3. The van der Waals surface area contributed by atoms with Crippen LogP contribution in [0.25, 0.3) is 0 Å². The Morgan fingerprint density at radius 1 is 0.530 bits per heavy atom. The second kappa shape index (κ2) is 29.2. The van der Waals surface area contributed by atoms with Crippen molar-refractivity contribution in [3.8, 4) is 23.0 Å². The number of alkyl halides is 3. The lowest BCUT2D eigenvalue weighted by Crippen LogP contribution is -2.36. The van der Waals surface area contributed by atoms with Gasteiger partial charge in [-0.3, -0.25) is 0 Å². The van der Waals surface area contributed by atoms with E-state index in [-0.39, 0.29) is 33.0 Å². The Morgan fingerprint density at radius 3 is 1.26 bits per heavy atom. The second-order valence-electron chi connectivity index (χ2n) is 14.2. The van der Waals surface area contributed by atoms with Crippen molar-refractivity contribution < 1.29 is 85.5 Å². The lowest BCUT2D eigenvalue weighted by atomic mass is 10.0. The quantitative estimate of drug-likeness (QED) is 0.0392. The zero-order chi connectivity index (χ0) is 48.3. The molecule has 0 aliphatic heterocycles. The minimum absolute atomic E-state index is 0.0182. The van der Waals surface area contributed by atoms with Gasteiger partial charge in [0.05, 0.1) is 26.9 Å². The van der Waals surface area contributed by atoms with Crippen molar-refractivity contribution in [2.24, 2.45) is 0 Å². The maximum absolute atomic E-state index is 12.6. The zero-order valence-corrected chi connectivity index (χ0v) is 36.6. The van der Waals surface area contributed by atoms with Crippen LogP contribution in [0.5, 0.6) is 23.0 Å². The molecule has 0 aliphatic rings. The van der Waals surface area contributed by atoms with Crippen LogP contribution >= 0.6 is 0 Å². The van der Waals surface area contributed by atoms with Crippen LogP contribution in [0.1, 0.15) is 22.3 Å². The Bertz CT molecular complexity index is 2040. The van der Waals surface area contributed by atoms with E-state index in [1.165, 1.54) is 7.11 Å². The molecule has 4 rings (SSSR count). The van der Waals surface area contributed by atoms with Gasteiger partial charge >= 0.3 is 24.1 Å². The van der Waals surface area contributed by atoms with Crippen LogP contribution in [0.3, 0.4) is 0 Å². The van der Waals surface area contributed by atoms with Gasteiger partial charge in [-0.15, -0.1) is 0 Å². The number of aliphatic hydroxyl groups excluding tert-OH is 3. The second-order valence-corrected chi connectivity index (χ2v) is 14.2. The van der Waals surface area contributed by atoms with Gasteiger partial charge in [-0.25, -0.2) is 14.4 Å². The van der Waals surface area contributed by atoms with Gasteiger partial charge in [-0.2, -0.15) is 13.2 Å². The molecule has 0 amide bonds. The summed E-state index contributed by atoms with van der Waals surface area (Å²) in [6, 6.07) is 29.7. The fourth-order valence-electron chi connectivity index (χ4n) is 5.38. The van der Waals surface area contributed by atoms with Gasteiger partial charge in [0, 0.05) is 19.3 Å². The molecule has 4 atom stereocenters. The van der Waals surface area contributed by atoms with Gasteiger partial charge in [0.15, 0.2) is 6.10 Å². The van der Waals surface area contributed by atoms with Crippen molar-refractivity contribution in [1.29, 1.82) is 0 Å². The maximum Gasteiger partial charge on any atom is 0.490 e. The first-order valence-electron chi connectivity index (χ1n) is 20.4. The number of esters is 3. The largest absolute Gasteiger partial charge is 0.497 e.